The van der Waals surface area contributed by atoms with Gasteiger partial charge in [0.15, 0.2) is 0 Å². The van der Waals surface area contributed by atoms with Crippen LogP contribution in [0.15, 0.2) is 127 Å². The number of benzene rings is 6. The lowest BCUT2D eigenvalue weighted by atomic mass is 9.14. The largest absolute Gasteiger partial charge is 0.325 e. The molecule has 0 spiro atoms. The van der Waals surface area contributed by atoms with Crippen LogP contribution >= 0.6 is 0 Å². The Bertz CT molecular complexity index is 1610. The molecule has 0 heterocycles. The van der Waals surface area contributed by atoms with E-state index < -0.39 is 6.15 Å². The standard InChI is InChI=1S/C34H30B.C8H20N/c1-2-3-22-35(32-19-16-26-10-4-7-13-29(26)23-32,33-20-17-27-11-5-8-14-30(27)24-33)34-21-18-28-12-6-9-15-31(28)25-34;1-5-9(6-2,7-3)8-4/h4-21,23-25H,2-3,22H2,1H3;5-8H2,1-4H3/q-1;+1. The van der Waals surface area contributed by atoms with E-state index in [0.717, 1.165) is 6.32 Å². The van der Waals surface area contributed by atoms with Crippen LogP contribution in [0.5, 0.6) is 0 Å². The van der Waals surface area contributed by atoms with E-state index in [4.69, 9.17) is 0 Å². The fourth-order valence-electron chi connectivity index (χ4n) is 7.47. The smallest absolute Gasteiger partial charge is 0.0815 e. The Balaban J connectivity index is 0.000000374. The van der Waals surface area contributed by atoms with Crippen molar-refractivity contribution < 1.29 is 4.48 Å². The van der Waals surface area contributed by atoms with Gasteiger partial charge in [-0.3, -0.25) is 0 Å². The summed E-state index contributed by atoms with van der Waals surface area (Å²) in [6.45, 7) is 16.5. The Morgan fingerprint density at radius 3 is 1.00 bits per heavy atom. The molecule has 0 amide bonds. The summed E-state index contributed by atoms with van der Waals surface area (Å²) in [5.74, 6) is 0. The van der Waals surface area contributed by atoms with Crippen LogP contribution in [0.4, 0.5) is 0 Å². The lowest BCUT2D eigenvalue weighted by Gasteiger charge is -2.44. The number of hydrogen-bond donors (Lipinski definition) is 0. The molecule has 6 rings (SSSR count). The van der Waals surface area contributed by atoms with Crippen molar-refractivity contribution in [2.45, 2.75) is 53.8 Å². The van der Waals surface area contributed by atoms with Gasteiger partial charge in [-0.1, -0.05) is 147 Å². The van der Waals surface area contributed by atoms with Crippen LogP contribution in [0.25, 0.3) is 32.3 Å². The van der Waals surface area contributed by atoms with E-state index in [2.05, 4.69) is 162 Å². The van der Waals surface area contributed by atoms with Crippen molar-refractivity contribution in [3.05, 3.63) is 127 Å². The van der Waals surface area contributed by atoms with E-state index in [0.29, 0.717) is 0 Å². The van der Waals surface area contributed by atoms with Gasteiger partial charge >= 0.3 is 0 Å². The first-order chi connectivity index (χ1) is 21.5. The highest BCUT2D eigenvalue weighted by Crippen LogP contribution is 2.23. The minimum atomic E-state index is -1.16. The van der Waals surface area contributed by atoms with E-state index in [1.807, 2.05) is 0 Å². The van der Waals surface area contributed by atoms with Gasteiger partial charge in [0.2, 0.25) is 0 Å². The molecule has 0 aliphatic carbocycles. The van der Waals surface area contributed by atoms with Crippen molar-refractivity contribution in [2.75, 3.05) is 26.2 Å². The van der Waals surface area contributed by atoms with Gasteiger partial charge < -0.3 is 4.48 Å². The first-order valence-corrected chi connectivity index (χ1v) is 17.0. The molecule has 0 unspecified atom stereocenters. The molecule has 0 bridgehead atoms. The molecule has 1 nitrogen and oxygen atoms in total. The topological polar surface area (TPSA) is 0 Å². The summed E-state index contributed by atoms with van der Waals surface area (Å²) in [5, 5.41) is 7.84. The van der Waals surface area contributed by atoms with Crippen LogP contribution in [-0.2, 0) is 0 Å². The molecule has 6 aromatic carbocycles. The van der Waals surface area contributed by atoms with Gasteiger partial charge in [0.05, 0.1) is 32.3 Å². The first-order valence-electron chi connectivity index (χ1n) is 17.0. The molecular weight excluding hydrogens is 529 g/mol. The van der Waals surface area contributed by atoms with Crippen LogP contribution in [0.1, 0.15) is 47.5 Å². The van der Waals surface area contributed by atoms with E-state index in [1.54, 1.807) is 0 Å². The van der Waals surface area contributed by atoms with Crippen molar-refractivity contribution >= 4 is 54.9 Å². The molecule has 6 aromatic rings. The fourth-order valence-corrected chi connectivity index (χ4v) is 7.47. The molecular formula is C42H50BN. The predicted octanol–water partition coefficient (Wildman–Crippen LogP) is 9.30. The molecule has 0 aliphatic rings. The Kier molecular flexibility index (Phi) is 10.2. The summed E-state index contributed by atoms with van der Waals surface area (Å²) >= 11 is 0. The summed E-state index contributed by atoms with van der Waals surface area (Å²) in [4.78, 5) is 0. The lowest BCUT2D eigenvalue weighted by molar-refractivity contribution is -0.921. The highest BCUT2D eigenvalue weighted by molar-refractivity contribution is 7.11. The van der Waals surface area contributed by atoms with Gasteiger partial charge in [-0.2, -0.15) is 22.7 Å². The predicted molar refractivity (Wildman–Crippen MR) is 199 cm³/mol. The second-order valence-electron chi connectivity index (χ2n) is 12.6. The number of fused-ring (bicyclic) bond motifs is 3. The van der Waals surface area contributed by atoms with Crippen molar-refractivity contribution in [1.82, 2.24) is 0 Å². The monoisotopic (exact) mass is 579 g/mol. The van der Waals surface area contributed by atoms with E-state index in [9.17, 15) is 0 Å². The van der Waals surface area contributed by atoms with Gasteiger partial charge in [0, 0.05) is 0 Å². The maximum atomic E-state index is 2.45. The van der Waals surface area contributed by atoms with Gasteiger partial charge in [-0.15, -0.1) is 0 Å². The Morgan fingerprint density at radius 1 is 0.409 bits per heavy atom. The first kappa shape index (κ1) is 31.5. The second-order valence-corrected chi connectivity index (χ2v) is 12.6. The molecule has 0 aromatic heterocycles. The van der Waals surface area contributed by atoms with Gasteiger partial charge in [-0.25, -0.2) is 0 Å². The second kappa shape index (κ2) is 14.3. The summed E-state index contributed by atoms with van der Waals surface area (Å²) in [6.07, 6.45) is 2.34. The summed E-state index contributed by atoms with van der Waals surface area (Å²) in [7, 11) is 0. The summed E-state index contributed by atoms with van der Waals surface area (Å²) in [6, 6.07) is 47.7. The van der Waals surface area contributed by atoms with Crippen molar-refractivity contribution in [2.24, 2.45) is 0 Å². The quantitative estimate of drug-likeness (QED) is 0.112. The molecule has 0 saturated heterocycles. The van der Waals surface area contributed by atoms with E-state index in [-0.39, 0.29) is 0 Å². The summed E-state index contributed by atoms with van der Waals surface area (Å²) < 4.78 is 1.28. The minimum Gasteiger partial charge on any atom is -0.325 e. The zero-order chi connectivity index (χ0) is 31.0. The van der Waals surface area contributed by atoms with Crippen LogP contribution in [0.3, 0.4) is 0 Å². The third kappa shape index (κ3) is 6.33. The number of quaternary nitrogens is 1. The van der Waals surface area contributed by atoms with Crippen LogP contribution in [-0.4, -0.2) is 36.8 Å². The molecule has 0 fully saturated rings. The molecule has 0 N–H and O–H groups in total. The van der Waals surface area contributed by atoms with Gasteiger partial charge in [0.1, 0.15) is 0 Å². The zero-order valence-corrected chi connectivity index (χ0v) is 27.6. The normalized spacial score (nSPS) is 11.9. The molecule has 226 valence electrons. The average molecular weight is 580 g/mol. The minimum absolute atomic E-state index is 1.13. The molecule has 44 heavy (non-hydrogen) atoms. The van der Waals surface area contributed by atoms with Crippen molar-refractivity contribution in [3.63, 3.8) is 0 Å². The van der Waals surface area contributed by atoms with Crippen LogP contribution < -0.4 is 16.4 Å². The SMILES string of the molecule is CCCC[B-](c1ccc2ccccc2c1)(c1ccc2ccccc2c1)c1ccc2ccccc2c1.CC[N+](CC)(CC)CC. The molecule has 0 aliphatic heterocycles. The van der Waals surface area contributed by atoms with Gasteiger partial charge in [-0.05, 0) is 60.0 Å². The van der Waals surface area contributed by atoms with Crippen LogP contribution in [0, 0.1) is 0 Å². The number of nitrogens with zero attached hydrogens (tertiary/aromatic N) is 1. The van der Waals surface area contributed by atoms with Crippen LogP contribution in [0.2, 0.25) is 6.32 Å². The van der Waals surface area contributed by atoms with Gasteiger partial charge in [0.25, 0.3) is 0 Å². The maximum absolute atomic E-state index is 2.45. The fraction of sp³-hybridized carbons (Fsp3) is 0.286. The van der Waals surface area contributed by atoms with Crippen molar-refractivity contribution in [3.8, 4) is 0 Å². The van der Waals surface area contributed by atoms with E-state index in [1.165, 1.54) is 92.2 Å². The molecule has 0 atom stereocenters. The van der Waals surface area contributed by atoms with Crippen molar-refractivity contribution in [1.29, 1.82) is 0 Å². The van der Waals surface area contributed by atoms with E-state index >= 15 is 0 Å². The third-order valence-electron chi connectivity index (χ3n) is 10.7. The highest BCUT2D eigenvalue weighted by atomic mass is 15.3. The summed E-state index contributed by atoms with van der Waals surface area (Å²) in [5.41, 5.74) is 4.30. The maximum Gasteiger partial charge on any atom is 0.0815 e. The molecule has 2 heteroatoms. The third-order valence-corrected chi connectivity index (χ3v) is 10.7. The zero-order valence-electron chi connectivity index (χ0n) is 27.6. The molecule has 0 radical (unpaired) electrons. The average Bonchev–Trinajstić information content (AvgIpc) is 3.10. The molecule has 0 saturated carbocycles. The Morgan fingerprint density at radius 2 is 0.727 bits per heavy atom. The Labute approximate surface area is 266 Å². The Hall–Kier alpha value is -3.88. The number of hydrogen-bond acceptors (Lipinski definition) is 0. The number of rotatable bonds is 10. The number of unbranched alkanes of at least 4 members (excludes halogenated alkanes) is 1. The lowest BCUT2D eigenvalue weighted by Crippen LogP contribution is -2.67. The highest BCUT2D eigenvalue weighted by Gasteiger charge is 2.30.